The van der Waals surface area contributed by atoms with Crippen LogP contribution >= 0.6 is 22.9 Å². The average Bonchev–Trinajstić information content (AvgIpc) is 2.87. The molecule has 102 valence electrons. The topological polar surface area (TPSA) is 36.4 Å². The third-order valence-corrected chi connectivity index (χ3v) is 4.71. The monoisotopic (exact) mass is 288 g/mol. The third-order valence-electron chi connectivity index (χ3n) is 3.55. The lowest BCUT2D eigenvalue weighted by molar-refractivity contribution is 0.117. The molecule has 0 aliphatic heterocycles. The first-order valence-electron chi connectivity index (χ1n) is 6.67. The number of hydrogen-bond acceptors (Lipinski definition) is 4. The zero-order valence-corrected chi connectivity index (χ0v) is 12.2. The molecule has 0 spiro atoms. The minimum absolute atomic E-state index is 0.226. The molecule has 1 N–H and O–H groups in total. The summed E-state index contributed by atoms with van der Waals surface area (Å²) >= 11 is 7.45. The van der Waals surface area contributed by atoms with Gasteiger partial charge in [-0.05, 0) is 12.8 Å². The van der Waals surface area contributed by atoms with Gasteiger partial charge in [0.25, 0.3) is 0 Å². The van der Waals surface area contributed by atoms with Crippen molar-refractivity contribution >= 4 is 22.9 Å². The molecule has 0 radical (unpaired) electrons. The van der Waals surface area contributed by atoms with E-state index in [1.165, 1.54) is 32.1 Å². The van der Waals surface area contributed by atoms with E-state index in [1.807, 2.05) is 5.38 Å². The summed E-state index contributed by atoms with van der Waals surface area (Å²) in [6.45, 7) is 1.83. The number of nitrogens with zero attached hydrogens (tertiary/aromatic N) is 2. The molecule has 1 saturated carbocycles. The highest BCUT2D eigenvalue weighted by atomic mass is 35.5. The zero-order valence-electron chi connectivity index (χ0n) is 10.6. The van der Waals surface area contributed by atoms with Crippen LogP contribution in [-0.2, 0) is 12.4 Å². The SMILES string of the molecule is OCCN(Cc1nc(CCl)cs1)C1CCCCC1. The van der Waals surface area contributed by atoms with Crippen molar-refractivity contribution in [3.63, 3.8) is 0 Å². The van der Waals surface area contributed by atoms with E-state index >= 15 is 0 Å². The number of aliphatic hydroxyl groups is 1. The van der Waals surface area contributed by atoms with Gasteiger partial charge in [0.1, 0.15) is 5.01 Å². The summed E-state index contributed by atoms with van der Waals surface area (Å²) in [6, 6.07) is 0.620. The second kappa shape index (κ2) is 7.43. The Kier molecular flexibility index (Phi) is 5.89. The maximum Gasteiger partial charge on any atom is 0.107 e. The summed E-state index contributed by atoms with van der Waals surface area (Å²) < 4.78 is 0. The maximum atomic E-state index is 9.22. The number of halogens is 1. The second-order valence-corrected chi connectivity index (χ2v) is 6.06. The number of alkyl halides is 1. The summed E-state index contributed by atoms with van der Waals surface area (Å²) in [6.07, 6.45) is 6.51. The van der Waals surface area contributed by atoms with Crippen LogP contribution in [0.15, 0.2) is 5.38 Å². The molecule has 0 unspecified atom stereocenters. The van der Waals surface area contributed by atoms with E-state index in [-0.39, 0.29) is 6.61 Å². The van der Waals surface area contributed by atoms with Gasteiger partial charge in [0, 0.05) is 18.0 Å². The van der Waals surface area contributed by atoms with Crippen molar-refractivity contribution in [2.75, 3.05) is 13.2 Å². The first-order valence-corrected chi connectivity index (χ1v) is 8.09. The first kappa shape index (κ1) is 14.3. The number of aromatic nitrogens is 1. The molecule has 0 amide bonds. The smallest absolute Gasteiger partial charge is 0.107 e. The van der Waals surface area contributed by atoms with Crippen LogP contribution in [0.25, 0.3) is 0 Å². The fraction of sp³-hybridized carbons (Fsp3) is 0.769. The Bertz CT molecular complexity index is 353. The van der Waals surface area contributed by atoms with Gasteiger partial charge in [-0.3, -0.25) is 4.90 Å². The molecule has 1 fully saturated rings. The van der Waals surface area contributed by atoms with Crippen LogP contribution in [0.5, 0.6) is 0 Å². The van der Waals surface area contributed by atoms with Gasteiger partial charge in [-0.2, -0.15) is 0 Å². The van der Waals surface area contributed by atoms with Crippen molar-refractivity contribution in [3.8, 4) is 0 Å². The van der Waals surface area contributed by atoms with E-state index in [1.54, 1.807) is 11.3 Å². The van der Waals surface area contributed by atoms with Crippen LogP contribution in [0.3, 0.4) is 0 Å². The Balaban J connectivity index is 1.95. The highest BCUT2D eigenvalue weighted by Crippen LogP contribution is 2.24. The quantitative estimate of drug-likeness (QED) is 0.818. The van der Waals surface area contributed by atoms with Crippen molar-refractivity contribution in [3.05, 3.63) is 16.1 Å². The summed E-state index contributed by atoms with van der Waals surface area (Å²) in [5, 5.41) is 12.4. The van der Waals surface area contributed by atoms with Crippen molar-refractivity contribution in [2.24, 2.45) is 0 Å². The van der Waals surface area contributed by atoms with E-state index in [4.69, 9.17) is 11.6 Å². The van der Waals surface area contributed by atoms with E-state index in [0.29, 0.717) is 11.9 Å². The van der Waals surface area contributed by atoms with Gasteiger partial charge in [-0.25, -0.2) is 4.98 Å². The lowest BCUT2D eigenvalue weighted by Gasteiger charge is -2.33. The lowest BCUT2D eigenvalue weighted by Crippen LogP contribution is -2.38. The number of rotatable bonds is 6. The summed E-state index contributed by atoms with van der Waals surface area (Å²) in [5.41, 5.74) is 0.962. The minimum Gasteiger partial charge on any atom is -0.395 e. The number of hydrogen-bond donors (Lipinski definition) is 1. The van der Waals surface area contributed by atoms with Crippen LogP contribution in [0.4, 0.5) is 0 Å². The molecule has 1 heterocycles. The molecule has 1 aromatic rings. The van der Waals surface area contributed by atoms with Crippen LogP contribution in [0.1, 0.15) is 42.8 Å². The Labute approximate surface area is 118 Å². The molecule has 3 nitrogen and oxygen atoms in total. The number of thiazole rings is 1. The van der Waals surface area contributed by atoms with Crippen LogP contribution < -0.4 is 0 Å². The molecule has 1 aliphatic rings. The van der Waals surface area contributed by atoms with Gasteiger partial charge >= 0.3 is 0 Å². The maximum absolute atomic E-state index is 9.22. The minimum atomic E-state index is 0.226. The van der Waals surface area contributed by atoms with Gasteiger partial charge in [0.2, 0.25) is 0 Å². The summed E-state index contributed by atoms with van der Waals surface area (Å²) in [4.78, 5) is 6.89. The molecule has 0 atom stereocenters. The predicted octanol–water partition coefficient (Wildman–Crippen LogP) is 3.01. The Morgan fingerprint density at radius 3 is 2.78 bits per heavy atom. The molecule has 0 aromatic carbocycles. The average molecular weight is 289 g/mol. The molecule has 1 aromatic heterocycles. The standard InChI is InChI=1S/C13H21ClN2OS/c14-8-11-10-18-13(15-11)9-16(6-7-17)12-4-2-1-3-5-12/h10,12,17H,1-9H2. The summed E-state index contributed by atoms with van der Waals surface area (Å²) in [5.74, 6) is 0.486. The summed E-state index contributed by atoms with van der Waals surface area (Å²) in [7, 11) is 0. The van der Waals surface area contributed by atoms with Crippen LogP contribution in [0, 0.1) is 0 Å². The fourth-order valence-corrected chi connectivity index (χ4v) is 3.67. The van der Waals surface area contributed by atoms with Crippen molar-refractivity contribution < 1.29 is 5.11 Å². The van der Waals surface area contributed by atoms with Gasteiger partial charge in [0.05, 0.1) is 24.7 Å². The first-order chi connectivity index (χ1) is 8.83. The predicted molar refractivity (Wildman–Crippen MR) is 76.0 cm³/mol. The van der Waals surface area contributed by atoms with E-state index in [9.17, 15) is 5.11 Å². The third kappa shape index (κ3) is 3.92. The van der Waals surface area contributed by atoms with Crippen molar-refractivity contribution in [2.45, 2.75) is 50.6 Å². The van der Waals surface area contributed by atoms with Gasteiger partial charge in [0.15, 0.2) is 0 Å². The molecule has 1 aliphatic carbocycles. The second-order valence-electron chi connectivity index (χ2n) is 4.85. The zero-order chi connectivity index (χ0) is 12.8. The van der Waals surface area contributed by atoms with E-state index < -0.39 is 0 Å². The molecular weight excluding hydrogens is 268 g/mol. The molecule has 18 heavy (non-hydrogen) atoms. The van der Waals surface area contributed by atoms with Crippen LogP contribution in [0.2, 0.25) is 0 Å². The molecule has 0 bridgehead atoms. The molecule has 2 rings (SSSR count). The van der Waals surface area contributed by atoms with Crippen molar-refractivity contribution in [1.82, 2.24) is 9.88 Å². The van der Waals surface area contributed by atoms with Crippen molar-refractivity contribution in [1.29, 1.82) is 0 Å². The van der Waals surface area contributed by atoms with E-state index in [2.05, 4.69) is 9.88 Å². The fourth-order valence-electron chi connectivity index (χ4n) is 2.62. The van der Waals surface area contributed by atoms with Crippen LogP contribution in [-0.4, -0.2) is 34.2 Å². The Morgan fingerprint density at radius 1 is 1.39 bits per heavy atom. The molecular formula is C13H21ClN2OS. The van der Waals surface area contributed by atoms with E-state index in [0.717, 1.165) is 23.8 Å². The highest BCUT2D eigenvalue weighted by molar-refractivity contribution is 7.09. The van der Waals surface area contributed by atoms with Gasteiger partial charge < -0.3 is 5.11 Å². The normalized spacial score (nSPS) is 17.5. The number of aliphatic hydroxyl groups excluding tert-OH is 1. The molecule has 5 heteroatoms. The lowest BCUT2D eigenvalue weighted by atomic mass is 9.94. The molecule has 0 saturated heterocycles. The Hall–Kier alpha value is -0.160. The van der Waals surface area contributed by atoms with Gasteiger partial charge in [-0.1, -0.05) is 19.3 Å². The largest absolute Gasteiger partial charge is 0.395 e. The Morgan fingerprint density at radius 2 is 2.17 bits per heavy atom. The van der Waals surface area contributed by atoms with Gasteiger partial charge in [-0.15, -0.1) is 22.9 Å². The highest BCUT2D eigenvalue weighted by Gasteiger charge is 2.21.